The van der Waals surface area contributed by atoms with E-state index in [2.05, 4.69) is 37.9 Å². The number of aromatic hydroxyl groups is 1. The van der Waals surface area contributed by atoms with Crippen LogP contribution >= 0.6 is 11.8 Å². The molecule has 0 heterocycles. The van der Waals surface area contributed by atoms with E-state index in [0.717, 1.165) is 21.8 Å². The lowest BCUT2D eigenvalue weighted by Gasteiger charge is -2.22. The fraction of sp³-hybridized carbons (Fsp3) is 0.300. The van der Waals surface area contributed by atoms with Crippen LogP contribution in [0.4, 0.5) is 5.69 Å². The topological polar surface area (TPSA) is 68.5 Å². The Labute approximate surface area is 153 Å². The van der Waals surface area contributed by atoms with E-state index < -0.39 is 0 Å². The van der Waals surface area contributed by atoms with Crippen LogP contribution in [0, 0.1) is 12.3 Å². The van der Waals surface area contributed by atoms with Crippen molar-refractivity contribution in [3.63, 3.8) is 0 Å². The maximum Gasteiger partial charge on any atom is 0.144 e. The van der Waals surface area contributed by atoms with Crippen molar-refractivity contribution in [3.8, 4) is 5.75 Å². The van der Waals surface area contributed by atoms with Crippen LogP contribution in [0.3, 0.4) is 0 Å². The number of phenols is 1. The molecule has 0 atom stereocenters. The van der Waals surface area contributed by atoms with E-state index in [1.165, 1.54) is 0 Å². The SMILES string of the molecule is C=CCSC1=C/C(=N/Nc2cc(C)cc(C(C)(C)C)c2O)C(=N)C=C1. The monoisotopic (exact) mass is 355 g/mol. The van der Waals surface area contributed by atoms with Gasteiger partial charge in [-0.2, -0.15) is 5.10 Å². The third-order valence-corrected chi connectivity index (χ3v) is 4.69. The lowest BCUT2D eigenvalue weighted by atomic mass is 9.85. The number of aryl methyl sites for hydroxylation is 1. The molecule has 2 rings (SSSR count). The molecule has 0 saturated heterocycles. The lowest BCUT2D eigenvalue weighted by molar-refractivity contribution is 0.448. The molecule has 0 spiro atoms. The predicted octanol–water partition coefficient (Wildman–Crippen LogP) is 5.16. The first-order chi connectivity index (χ1) is 11.7. The Kier molecular flexibility index (Phi) is 5.90. The second-order valence-corrected chi connectivity index (χ2v) is 8.05. The second kappa shape index (κ2) is 7.74. The summed E-state index contributed by atoms with van der Waals surface area (Å²) in [6, 6.07) is 3.84. The van der Waals surface area contributed by atoms with Gasteiger partial charge in [0.25, 0.3) is 0 Å². The van der Waals surface area contributed by atoms with Crippen molar-refractivity contribution in [3.05, 3.63) is 59.0 Å². The maximum atomic E-state index is 10.6. The largest absolute Gasteiger partial charge is 0.505 e. The molecule has 1 aromatic rings. The number of nitrogens with one attached hydrogen (secondary N) is 2. The van der Waals surface area contributed by atoms with Gasteiger partial charge in [-0.3, -0.25) is 10.8 Å². The minimum absolute atomic E-state index is 0.172. The zero-order valence-electron chi connectivity index (χ0n) is 15.2. The summed E-state index contributed by atoms with van der Waals surface area (Å²) in [5, 5.41) is 22.9. The van der Waals surface area contributed by atoms with Crippen molar-refractivity contribution >= 4 is 28.9 Å². The molecule has 1 aliphatic carbocycles. The molecule has 0 unspecified atom stereocenters. The smallest absolute Gasteiger partial charge is 0.144 e. The number of benzene rings is 1. The van der Waals surface area contributed by atoms with Crippen LogP contribution in [0.1, 0.15) is 31.9 Å². The normalized spacial score (nSPS) is 16.1. The molecule has 25 heavy (non-hydrogen) atoms. The van der Waals surface area contributed by atoms with Gasteiger partial charge < -0.3 is 5.11 Å². The van der Waals surface area contributed by atoms with E-state index in [9.17, 15) is 5.11 Å². The Morgan fingerprint density at radius 1 is 1.32 bits per heavy atom. The van der Waals surface area contributed by atoms with Gasteiger partial charge in [-0.15, -0.1) is 18.3 Å². The van der Waals surface area contributed by atoms with Crippen LogP contribution in [0.25, 0.3) is 0 Å². The van der Waals surface area contributed by atoms with Gasteiger partial charge in [-0.05, 0) is 42.2 Å². The molecule has 0 radical (unpaired) electrons. The first-order valence-electron chi connectivity index (χ1n) is 8.12. The van der Waals surface area contributed by atoms with Gasteiger partial charge in [0.15, 0.2) is 0 Å². The number of hydrogen-bond donors (Lipinski definition) is 3. The van der Waals surface area contributed by atoms with Crippen molar-refractivity contribution in [1.29, 1.82) is 5.41 Å². The third kappa shape index (κ3) is 4.86. The summed E-state index contributed by atoms with van der Waals surface area (Å²) in [5.41, 5.74) is 6.09. The molecule has 1 aliphatic rings. The van der Waals surface area contributed by atoms with Gasteiger partial charge in [-0.25, -0.2) is 0 Å². The number of rotatable bonds is 5. The van der Waals surface area contributed by atoms with Gasteiger partial charge in [0.05, 0.1) is 11.4 Å². The Balaban J connectivity index is 2.30. The summed E-state index contributed by atoms with van der Waals surface area (Å²) in [4.78, 5) is 1.03. The number of hydrogen-bond acceptors (Lipinski definition) is 5. The van der Waals surface area contributed by atoms with E-state index in [4.69, 9.17) is 5.41 Å². The highest BCUT2D eigenvalue weighted by atomic mass is 32.2. The summed E-state index contributed by atoms with van der Waals surface area (Å²) in [6.07, 6.45) is 7.33. The predicted molar refractivity (Wildman–Crippen MR) is 110 cm³/mol. The van der Waals surface area contributed by atoms with Crippen LogP contribution < -0.4 is 5.43 Å². The van der Waals surface area contributed by atoms with Crippen LogP contribution in [0.2, 0.25) is 0 Å². The molecule has 132 valence electrons. The Morgan fingerprint density at radius 3 is 2.68 bits per heavy atom. The Morgan fingerprint density at radius 2 is 2.04 bits per heavy atom. The Hall–Kier alpha value is -2.27. The number of hydrazone groups is 1. The van der Waals surface area contributed by atoms with Gasteiger partial charge in [0.2, 0.25) is 0 Å². The summed E-state index contributed by atoms with van der Waals surface area (Å²) in [6.45, 7) is 11.9. The van der Waals surface area contributed by atoms with Crippen LogP contribution in [-0.2, 0) is 5.41 Å². The zero-order valence-corrected chi connectivity index (χ0v) is 16.0. The molecule has 0 amide bonds. The second-order valence-electron chi connectivity index (χ2n) is 6.96. The van der Waals surface area contributed by atoms with Crippen LogP contribution in [0.5, 0.6) is 5.75 Å². The molecule has 0 bridgehead atoms. The minimum atomic E-state index is -0.172. The van der Waals surface area contributed by atoms with E-state index >= 15 is 0 Å². The number of anilines is 1. The third-order valence-electron chi connectivity index (χ3n) is 3.70. The van der Waals surface area contributed by atoms with Gasteiger partial charge in [0, 0.05) is 16.2 Å². The van der Waals surface area contributed by atoms with E-state index in [-0.39, 0.29) is 11.2 Å². The summed E-state index contributed by atoms with van der Waals surface area (Å²) >= 11 is 1.64. The quantitative estimate of drug-likeness (QED) is 0.296. The first kappa shape index (κ1) is 19.1. The van der Waals surface area contributed by atoms with Gasteiger partial charge in [-0.1, -0.05) is 32.9 Å². The van der Waals surface area contributed by atoms with Gasteiger partial charge in [0.1, 0.15) is 11.5 Å². The molecule has 3 N–H and O–H groups in total. The molecule has 0 fully saturated rings. The molecule has 1 aromatic carbocycles. The average Bonchev–Trinajstić information content (AvgIpc) is 2.54. The number of nitrogens with zero attached hydrogens (tertiary/aromatic N) is 1. The lowest BCUT2D eigenvalue weighted by Crippen LogP contribution is -2.14. The van der Waals surface area contributed by atoms with Crippen molar-refractivity contribution in [2.24, 2.45) is 5.10 Å². The molecule has 0 aliphatic heterocycles. The summed E-state index contributed by atoms with van der Waals surface area (Å²) < 4.78 is 0. The van der Waals surface area contributed by atoms with Crippen molar-refractivity contribution in [2.75, 3.05) is 11.2 Å². The summed E-state index contributed by atoms with van der Waals surface area (Å²) in [7, 11) is 0. The highest BCUT2D eigenvalue weighted by Gasteiger charge is 2.21. The van der Waals surface area contributed by atoms with Crippen LogP contribution in [0.15, 0.2) is 53.0 Å². The highest BCUT2D eigenvalue weighted by molar-refractivity contribution is 8.03. The molecule has 4 nitrogen and oxygen atoms in total. The fourth-order valence-electron chi connectivity index (χ4n) is 2.41. The number of phenolic OH excluding ortho intramolecular Hbond substituents is 1. The summed E-state index contributed by atoms with van der Waals surface area (Å²) in [5.74, 6) is 1.00. The molecule has 5 heteroatoms. The number of allylic oxidation sites excluding steroid dienone is 3. The van der Waals surface area contributed by atoms with Gasteiger partial charge >= 0.3 is 0 Å². The maximum absolute atomic E-state index is 10.6. The molecular weight excluding hydrogens is 330 g/mol. The van der Waals surface area contributed by atoms with Crippen LogP contribution in [-0.4, -0.2) is 22.3 Å². The van der Waals surface area contributed by atoms with E-state index in [1.54, 1.807) is 17.8 Å². The number of thioether (sulfide) groups is 1. The van der Waals surface area contributed by atoms with Crippen molar-refractivity contribution in [2.45, 2.75) is 33.1 Å². The fourth-order valence-corrected chi connectivity index (χ4v) is 3.07. The molecule has 0 saturated carbocycles. The first-order valence-corrected chi connectivity index (χ1v) is 9.11. The molecular formula is C20H25N3OS. The average molecular weight is 356 g/mol. The van der Waals surface area contributed by atoms with Crippen molar-refractivity contribution < 1.29 is 5.11 Å². The van der Waals surface area contributed by atoms with Crippen molar-refractivity contribution in [1.82, 2.24) is 0 Å². The Bertz CT molecular complexity index is 783. The standard InChI is InChI=1S/C20H25N3OS/c1-6-9-25-14-7-8-16(21)17(12-14)22-23-18-11-13(2)10-15(19(18)24)20(3,4)5/h6-8,10-12,21,23-24H,1,9H2,2-5H3/b21-16?,22-17-. The van der Waals surface area contributed by atoms with E-state index in [0.29, 0.717) is 17.1 Å². The zero-order chi connectivity index (χ0) is 18.6. The highest BCUT2D eigenvalue weighted by Crippen LogP contribution is 2.37. The van der Waals surface area contributed by atoms with E-state index in [1.807, 2.05) is 37.3 Å². The minimum Gasteiger partial charge on any atom is -0.505 e. The molecule has 0 aromatic heterocycles.